The Morgan fingerprint density at radius 2 is 1.40 bits per heavy atom. The van der Waals surface area contributed by atoms with E-state index < -0.39 is 89.9 Å². The summed E-state index contributed by atoms with van der Waals surface area (Å²) in [4.78, 5) is 98.4. The summed E-state index contributed by atoms with van der Waals surface area (Å²) in [5.41, 5.74) is 22.3. The summed E-state index contributed by atoms with van der Waals surface area (Å²) in [5.74, 6) is -6.89. The number of benzene rings is 1. The van der Waals surface area contributed by atoms with Gasteiger partial charge >= 0.3 is 5.97 Å². The number of aliphatic hydroxyl groups is 1. The molecule has 1 rings (SSSR count). The fourth-order valence-corrected chi connectivity index (χ4v) is 5.62. The number of aromatic hydroxyl groups is 1. The van der Waals surface area contributed by atoms with Gasteiger partial charge in [0, 0.05) is 34.2 Å². The summed E-state index contributed by atoms with van der Waals surface area (Å²) in [6, 6.07) is -2.84. The van der Waals surface area contributed by atoms with Gasteiger partial charge in [-0.05, 0) is 63.1 Å². The Kier molecular flexibility index (Phi) is 20.4. The second-order valence-corrected chi connectivity index (χ2v) is 14.1. The number of carboxylic acid groups (broad SMARTS) is 1. The molecule has 1 aromatic carbocycles. The van der Waals surface area contributed by atoms with E-state index in [9.17, 15) is 48.9 Å². The molecule has 320 valence electrons. The molecule has 0 aliphatic rings. The molecule has 0 fully saturated rings. The lowest BCUT2D eigenvalue weighted by molar-refractivity contribution is -0.152. The van der Waals surface area contributed by atoms with Gasteiger partial charge in [0.2, 0.25) is 35.4 Å². The van der Waals surface area contributed by atoms with Crippen LogP contribution in [0.15, 0.2) is 29.3 Å². The van der Waals surface area contributed by atoms with Gasteiger partial charge in [0.25, 0.3) is 0 Å². The number of nitrogens with two attached hydrogens (primary N) is 4. The second-order valence-electron chi connectivity index (χ2n) is 14.1. The van der Waals surface area contributed by atoms with Crippen LogP contribution in [0.4, 0.5) is 0 Å². The molecular formula is C36H60N10O11. The van der Waals surface area contributed by atoms with E-state index in [0.29, 0.717) is 5.56 Å². The molecule has 0 aromatic heterocycles. The number of primary amides is 1. The van der Waals surface area contributed by atoms with Crippen molar-refractivity contribution in [3.63, 3.8) is 0 Å². The normalized spacial score (nSPS) is 15.3. The van der Waals surface area contributed by atoms with Crippen LogP contribution in [-0.2, 0) is 38.3 Å². The molecule has 0 bridgehead atoms. The van der Waals surface area contributed by atoms with E-state index in [1.165, 1.54) is 59.3 Å². The van der Waals surface area contributed by atoms with Crippen molar-refractivity contribution in [3.8, 4) is 5.75 Å². The molecular weight excluding hydrogens is 748 g/mol. The maximum Gasteiger partial charge on any atom is 0.326 e. The van der Waals surface area contributed by atoms with Gasteiger partial charge in [0.1, 0.15) is 48.1 Å². The number of aliphatic carboxylic acids is 1. The molecule has 1 aromatic rings. The van der Waals surface area contributed by atoms with E-state index in [1.54, 1.807) is 13.8 Å². The number of carbonyl (C=O) groups is 7. The van der Waals surface area contributed by atoms with Crippen LogP contribution in [0.2, 0.25) is 0 Å². The monoisotopic (exact) mass is 808 g/mol. The standard InChI is InChI=1S/C36H60N10O11/c1-18(2)17-24(43-30(50)23(9-8-16-41-36(39)40)42-32(52)27(38)20(4)47)33(53)46(6)25(14-15-26(37)49)31(51)44-28(34(54)45(5)19(3)35(55)56)29(57-7)21-10-12-22(48)13-11-21/h10-13,18-20,23-25,27-29,47-48H,8-9,14-17,38H2,1-7H3,(H2,37,49)(H,42,52)(H,43,50)(H,44,51)(H,55,56)(H4,39,40,41). The number of methoxy groups -OCH3 is 1. The first kappa shape index (κ1) is 49.5. The Labute approximate surface area is 331 Å². The quantitative estimate of drug-likeness (QED) is 0.0290. The summed E-state index contributed by atoms with van der Waals surface area (Å²) in [7, 11) is 3.73. The number of aliphatic imine (C=N–C) groups is 1. The van der Waals surface area contributed by atoms with E-state index in [0.717, 1.165) is 9.80 Å². The second kappa shape index (κ2) is 23.5. The molecule has 0 heterocycles. The Bertz CT molecular complexity index is 1570. The van der Waals surface area contributed by atoms with Crippen LogP contribution in [0.3, 0.4) is 0 Å². The lowest BCUT2D eigenvalue weighted by Gasteiger charge is -2.35. The molecule has 21 heteroatoms. The maximum atomic E-state index is 14.3. The molecule has 57 heavy (non-hydrogen) atoms. The zero-order valence-electron chi connectivity index (χ0n) is 33.5. The van der Waals surface area contributed by atoms with Gasteiger partial charge in [-0.15, -0.1) is 0 Å². The lowest BCUT2D eigenvalue weighted by Crippen LogP contribution is -2.60. The van der Waals surface area contributed by atoms with Gasteiger partial charge in [0.15, 0.2) is 5.96 Å². The number of aliphatic hydroxyl groups excluding tert-OH is 1. The van der Waals surface area contributed by atoms with Crippen LogP contribution in [0.25, 0.3) is 0 Å². The Hall–Kier alpha value is -5.54. The molecule has 0 spiro atoms. The third-order valence-corrected chi connectivity index (χ3v) is 9.13. The maximum absolute atomic E-state index is 14.3. The number of rotatable bonds is 24. The smallest absolute Gasteiger partial charge is 0.326 e. The molecule has 0 saturated heterocycles. The highest BCUT2D eigenvalue weighted by atomic mass is 16.5. The van der Waals surface area contributed by atoms with Crippen molar-refractivity contribution in [2.24, 2.45) is 33.8 Å². The van der Waals surface area contributed by atoms with Crippen molar-refractivity contribution in [2.75, 3.05) is 27.7 Å². The number of hydrogen-bond donors (Lipinski definition) is 10. The number of likely N-dealkylation sites (N-methyl/N-ethyl adjacent to an activating group) is 2. The first-order valence-electron chi connectivity index (χ1n) is 18.3. The van der Waals surface area contributed by atoms with Gasteiger partial charge in [0.05, 0.1) is 6.10 Å². The van der Waals surface area contributed by atoms with Crippen LogP contribution in [-0.4, -0.2) is 143 Å². The van der Waals surface area contributed by atoms with E-state index in [4.69, 9.17) is 27.7 Å². The number of nitrogens with zero attached hydrogens (tertiary/aromatic N) is 3. The van der Waals surface area contributed by atoms with Gasteiger partial charge in [-0.25, -0.2) is 4.79 Å². The van der Waals surface area contributed by atoms with Crippen molar-refractivity contribution < 1.29 is 53.6 Å². The highest BCUT2D eigenvalue weighted by Crippen LogP contribution is 2.25. The summed E-state index contributed by atoms with van der Waals surface area (Å²) in [6.07, 6.45) is -2.95. The predicted molar refractivity (Wildman–Crippen MR) is 208 cm³/mol. The fraction of sp³-hybridized carbons (Fsp3) is 0.611. The number of amides is 6. The molecule has 8 unspecified atom stereocenters. The number of carbonyl (C=O) groups excluding carboxylic acids is 6. The highest BCUT2D eigenvalue weighted by molar-refractivity contribution is 5.96. The summed E-state index contributed by atoms with van der Waals surface area (Å²) < 4.78 is 5.62. The van der Waals surface area contributed by atoms with Gasteiger partial charge in [-0.3, -0.25) is 33.8 Å². The lowest BCUT2D eigenvalue weighted by atomic mass is 9.98. The van der Waals surface area contributed by atoms with Crippen molar-refractivity contribution in [1.29, 1.82) is 0 Å². The number of hydrogen-bond acceptors (Lipinski definition) is 12. The molecule has 0 aliphatic heterocycles. The SMILES string of the molecule is COC(c1ccc(O)cc1)C(NC(=O)C(CCC(N)=O)N(C)C(=O)C(CC(C)C)NC(=O)C(CCCN=C(N)N)NC(=O)C(N)C(C)O)C(=O)N(C)C(C)C(=O)O. The Morgan fingerprint density at radius 1 is 0.825 bits per heavy atom. The van der Waals surface area contributed by atoms with Crippen molar-refractivity contribution in [1.82, 2.24) is 25.8 Å². The van der Waals surface area contributed by atoms with Crippen molar-refractivity contribution >= 4 is 47.4 Å². The zero-order chi connectivity index (χ0) is 43.7. The van der Waals surface area contributed by atoms with Gasteiger partial charge in [-0.2, -0.15) is 0 Å². The average molecular weight is 809 g/mol. The minimum atomic E-state index is -1.60. The van der Waals surface area contributed by atoms with Crippen LogP contribution in [0, 0.1) is 5.92 Å². The molecule has 8 atom stereocenters. The number of ether oxygens (including phenoxy) is 1. The Morgan fingerprint density at radius 3 is 1.89 bits per heavy atom. The topological polar surface area (TPSA) is 348 Å². The first-order valence-corrected chi connectivity index (χ1v) is 18.3. The number of nitrogens with one attached hydrogen (secondary N) is 3. The van der Waals surface area contributed by atoms with Crippen molar-refractivity contribution in [2.45, 2.75) is 108 Å². The minimum Gasteiger partial charge on any atom is -0.508 e. The molecule has 14 N–H and O–H groups in total. The number of guanidine groups is 1. The van der Waals surface area contributed by atoms with Gasteiger partial charge < -0.3 is 68.7 Å². The minimum absolute atomic E-state index is 0.00495. The van der Waals surface area contributed by atoms with E-state index in [2.05, 4.69) is 20.9 Å². The van der Waals surface area contributed by atoms with Crippen LogP contribution < -0.4 is 38.9 Å². The molecule has 0 radical (unpaired) electrons. The third kappa shape index (κ3) is 15.9. The fourth-order valence-electron chi connectivity index (χ4n) is 5.62. The highest BCUT2D eigenvalue weighted by Gasteiger charge is 2.40. The summed E-state index contributed by atoms with van der Waals surface area (Å²) in [6.45, 7) is 6.21. The first-order chi connectivity index (χ1) is 26.5. The molecule has 0 saturated carbocycles. The molecule has 21 nitrogen and oxygen atoms in total. The number of phenolic OH excluding ortho intramolecular Hbond substituents is 1. The molecule has 0 aliphatic carbocycles. The van der Waals surface area contributed by atoms with Crippen LogP contribution in [0.5, 0.6) is 5.75 Å². The Balaban J connectivity index is 3.63. The number of phenols is 1. The predicted octanol–water partition coefficient (Wildman–Crippen LogP) is -2.63. The largest absolute Gasteiger partial charge is 0.508 e. The average Bonchev–Trinajstić information content (AvgIpc) is 3.13. The van der Waals surface area contributed by atoms with E-state index >= 15 is 0 Å². The van der Waals surface area contributed by atoms with Crippen LogP contribution >= 0.6 is 0 Å². The third-order valence-electron chi connectivity index (χ3n) is 9.13. The number of carboxylic acids is 1. The van der Waals surface area contributed by atoms with E-state index in [-0.39, 0.29) is 56.3 Å². The van der Waals surface area contributed by atoms with E-state index in [1.807, 2.05) is 0 Å². The molecule has 6 amide bonds. The van der Waals surface area contributed by atoms with Crippen LogP contribution in [0.1, 0.15) is 71.5 Å². The zero-order valence-corrected chi connectivity index (χ0v) is 33.5. The van der Waals surface area contributed by atoms with Gasteiger partial charge in [-0.1, -0.05) is 26.0 Å². The summed E-state index contributed by atoms with van der Waals surface area (Å²) >= 11 is 0. The summed E-state index contributed by atoms with van der Waals surface area (Å²) in [5, 5.41) is 37.0. The van der Waals surface area contributed by atoms with Crippen molar-refractivity contribution in [3.05, 3.63) is 29.8 Å².